The summed E-state index contributed by atoms with van der Waals surface area (Å²) in [6, 6.07) is 0.258. The maximum Gasteiger partial charge on any atom is 0.224 e. The maximum atomic E-state index is 11.9. The first kappa shape index (κ1) is 15.4. The highest BCUT2D eigenvalue weighted by Crippen LogP contribution is 2.13. The molecule has 0 aliphatic carbocycles. The second-order valence-electron chi connectivity index (χ2n) is 6.13. The van der Waals surface area contributed by atoms with E-state index < -0.39 is 0 Å². The Hall–Kier alpha value is -0.610. The number of hydrogen-bond donors (Lipinski definition) is 2. The zero-order chi connectivity index (χ0) is 13.7. The van der Waals surface area contributed by atoms with E-state index in [-0.39, 0.29) is 17.9 Å². The summed E-state index contributed by atoms with van der Waals surface area (Å²) in [5, 5.41) is 3.13. The number of likely N-dealkylation sites (tertiary alicyclic amines) is 1. The van der Waals surface area contributed by atoms with E-state index >= 15 is 0 Å². The van der Waals surface area contributed by atoms with Gasteiger partial charge in [0.25, 0.3) is 0 Å². The molecule has 0 radical (unpaired) electrons. The van der Waals surface area contributed by atoms with Gasteiger partial charge < -0.3 is 16.0 Å². The van der Waals surface area contributed by atoms with Crippen LogP contribution < -0.4 is 11.1 Å². The number of amides is 1. The fourth-order valence-electron chi connectivity index (χ4n) is 2.35. The van der Waals surface area contributed by atoms with Crippen LogP contribution in [0.2, 0.25) is 0 Å². The van der Waals surface area contributed by atoms with Crippen LogP contribution in [0.5, 0.6) is 0 Å². The normalized spacial score (nSPS) is 21.9. The van der Waals surface area contributed by atoms with Gasteiger partial charge in [-0.05, 0) is 25.7 Å². The van der Waals surface area contributed by atoms with Crippen LogP contribution in [-0.2, 0) is 4.79 Å². The van der Waals surface area contributed by atoms with Gasteiger partial charge in [-0.2, -0.15) is 0 Å². The van der Waals surface area contributed by atoms with Crippen molar-refractivity contribution >= 4 is 5.91 Å². The molecule has 1 heterocycles. The molecule has 18 heavy (non-hydrogen) atoms. The molecule has 0 aromatic heterocycles. The third-order valence-electron chi connectivity index (χ3n) is 3.76. The van der Waals surface area contributed by atoms with Crippen LogP contribution in [0, 0.1) is 11.8 Å². The number of nitrogens with two attached hydrogens (primary N) is 1. The molecule has 0 spiro atoms. The predicted molar refractivity (Wildman–Crippen MR) is 75.3 cm³/mol. The van der Waals surface area contributed by atoms with Crippen LogP contribution in [0.15, 0.2) is 0 Å². The summed E-state index contributed by atoms with van der Waals surface area (Å²) in [6.07, 6.45) is 2.12. The van der Waals surface area contributed by atoms with Crippen molar-refractivity contribution in [2.75, 3.05) is 19.6 Å². The number of nitrogens with zero attached hydrogens (tertiary/aromatic N) is 1. The van der Waals surface area contributed by atoms with Gasteiger partial charge in [0.05, 0.1) is 0 Å². The number of hydrogen-bond acceptors (Lipinski definition) is 3. The SMILES string of the molecule is CC(C)CN1CCC(NC(=O)C(C)C(C)N)CC1. The van der Waals surface area contributed by atoms with Crippen LogP contribution in [0.25, 0.3) is 0 Å². The predicted octanol–water partition coefficient (Wildman–Crippen LogP) is 1.21. The van der Waals surface area contributed by atoms with E-state index in [1.807, 2.05) is 13.8 Å². The van der Waals surface area contributed by atoms with Crippen molar-refractivity contribution in [1.82, 2.24) is 10.2 Å². The number of rotatable bonds is 5. The van der Waals surface area contributed by atoms with E-state index in [1.54, 1.807) is 0 Å². The lowest BCUT2D eigenvalue weighted by Gasteiger charge is -2.34. The molecule has 1 aliphatic rings. The first-order chi connectivity index (χ1) is 8.40. The van der Waals surface area contributed by atoms with Crippen molar-refractivity contribution in [2.45, 2.75) is 52.6 Å². The topological polar surface area (TPSA) is 58.4 Å². The number of carbonyl (C=O) groups excluding carboxylic acids is 1. The molecule has 1 saturated heterocycles. The molecule has 1 fully saturated rings. The summed E-state index contributed by atoms with van der Waals surface area (Å²) in [5.41, 5.74) is 5.75. The Kier molecular flexibility index (Phi) is 6.09. The number of piperidine rings is 1. The van der Waals surface area contributed by atoms with E-state index in [1.165, 1.54) is 0 Å². The molecule has 4 nitrogen and oxygen atoms in total. The van der Waals surface area contributed by atoms with E-state index in [0.717, 1.165) is 32.5 Å². The van der Waals surface area contributed by atoms with Crippen LogP contribution in [-0.4, -0.2) is 42.5 Å². The zero-order valence-corrected chi connectivity index (χ0v) is 12.3. The molecule has 0 saturated carbocycles. The van der Waals surface area contributed by atoms with Crippen molar-refractivity contribution in [1.29, 1.82) is 0 Å². The van der Waals surface area contributed by atoms with Crippen molar-refractivity contribution < 1.29 is 4.79 Å². The number of carbonyl (C=O) groups is 1. The monoisotopic (exact) mass is 255 g/mol. The summed E-state index contributed by atoms with van der Waals surface area (Å²) in [4.78, 5) is 14.4. The molecule has 0 aromatic carbocycles. The third kappa shape index (κ3) is 4.94. The lowest BCUT2D eigenvalue weighted by atomic mass is 10.00. The lowest BCUT2D eigenvalue weighted by Crippen LogP contribution is -2.48. The van der Waals surface area contributed by atoms with E-state index in [4.69, 9.17) is 5.73 Å². The summed E-state index contributed by atoms with van der Waals surface area (Å²) >= 11 is 0. The molecule has 4 heteroatoms. The van der Waals surface area contributed by atoms with Gasteiger partial charge in [0, 0.05) is 37.6 Å². The molecule has 0 aromatic rings. The average Bonchev–Trinajstić information content (AvgIpc) is 2.29. The fraction of sp³-hybridized carbons (Fsp3) is 0.929. The summed E-state index contributed by atoms with van der Waals surface area (Å²) < 4.78 is 0. The smallest absolute Gasteiger partial charge is 0.224 e. The van der Waals surface area contributed by atoms with Crippen molar-refractivity contribution in [3.63, 3.8) is 0 Å². The summed E-state index contributed by atoms with van der Waals surface area (Å²) in [5.74, 6) is 0.722. The Labute approximate surface area is 111 Å². The average molecular weight is 255 g/mol. The van der Waals surface area contributed by atoms with Crippen LogP contribution in [0.3, 0.4) is 0 Å². The van der Waals surface area contributed by atoms with Crippen LogP contribution >= 0.6 is 0 Å². The minimum atomic E-state index is -0.0984. The molecule has 1 rings (SSSR count). The standard InChI is InChI=1S/C14H29N3O/c1-10(2)9-17-7-5-13(6-8-17)16-14(18)11(3)12(4)15/h10-13H,5-9,15H2,1-4H3,(H,16,18). The van der Waals surface area contributed by atoms with Gasteiger partial charge in [-0.15, -0.1) is 0 Å². The molecule has 1 amide bonds. The largest absolute Gasteiger partial charge is 0.353 e. The highest BCUT2D eigenvalue weighted by Gasteiger charge is 2.24. The van der Waals surface area contributed by atoms with E-state index in [2.05, 4.69) is 24.1 Å². The van der Waals surface area contributed by atoms with Crippen LogP contribution in [0.4, 0.5) is 0 Å². The molecular weight excluding hydrogens is 226 g/mol. The zero-order valence-electron chi connectivity index (χ0n) is 12.3. The van der Waals surface area contributed by atoms with Gasteiger partial charge in [-0.3, -0.25) is 4.79 Å². The van der Waals surface area contributed by atoms with Gasteiger partial charge in [0.15, 0.2) is 0 Å². The molecule has 0 bridgehead atoms. The molecule has 106 valence electrons. The summed E-state index contributed by atoms with van der Waals surface area (Å²) in [7, 11) is 0. The number of nitrogens with one attached hydrogen (secondary N) is 1. The van der Waals surface area contributed by atoms with Gasteiger partial charge in [0.2, 0.25) is 5.91 Å². The Balaban J connectivity index is 2.29. The first-order valence-corrected chi connectivity index (χ1v) is 7.18. The van der Waals surface area contributed by atoms with E-state index in [0.29, 0.717) is 12.0 Å². The Morgan fingerprint density at radius 2 is 1.83 bits per heavy atom. The minimum Gasteiger partial charge on any atom is -0.353 e. The molecule has 1 aliphatic heterocycles. The Morgan fingerprint density at radius 3 is 2.28 bits per heavy atom. The van der Waals surface area contributed by atoms with Gasteiger partial charge >= 0.3 is 0 Å². The molecular formula is C14H29N3O. The summed E-state index contributed by atoms with van der Waals surface area (Å²) in [6.45, 7) is 11.6. The molecule has 3 N–H and O–H groups in total. The van der Waals surface area contributed by atoms with E-state index in [9.17, 15) is 4.79 Å². The third-order valence-corrected chi connectivity index (χ3v) is 3.76. The van der Waals surface area contributed by atoms with Gasteiger partial charge in [-0.25, -0.2) is 0 Å². The van der Waals surface area contributed by atoms with Crippen LogP contribution in [0.1, 0.15) is 40.5 Å². The van der Waals surface area contributed by atoms with Crippen molar-refractivity contribution in [3.05, 3.63) is 0 Å². The Morgan fingerprint density at radius 1 is 1.28 bits per heavy atom. The fourth-order valence-corrected chi connectivity index (χ4v) is 2.35. The highest BCUT2D eigenvalue weighted by molar-refractivity contribution is 5.79. The second-order valence-corrected chi connectivity index (χ2v) is 6.13. The van der Waals surface area contributed by atoms with Gasteiger partial charge in [-0.1, -0.05) is 20.8 Å². The van der Waals surface area contributed by atoms with Crippen molar-refractivity contribution in [3.8, 4) is 0 Å². The minimum absolute atomic E-state index is 0.0777. The Bertz CT molecular complexity index is 258. The van der Waals surface area contributed by atoms with Crippen molar-refractivity contribution in [2.24, 2.45) is 17.6 Å². The lowest BCUT2D eigenvalue weighted by molar-refractivity contribution is -0.126. The first-order valence-electron chi connectivity index (χ1n) is 7.18. The van der Waals surface area contributed by atoms with Gasteiger partial charge in [0.1, 0.15) is 0 Å². The quantitative estimate of drug-likeness (QED) is 0.776. The maximum absolute atomic E-state index is 11.9. The second kappa shape index (κ2) is 7.10. The highest BCUT2D eigenvalue weighted by atomic mass is 16.1. The molecule has 2 unspecified atom stereocenters. The molecule has 2 atom stereocenters.